The molecule has 2 N–H and O–H groups in total. The van der Waals surface area contributed by atoms with Gasteiger partial charge in [-0.3, -0.25) is 9.69 Å². The Kier molecular flexibility index (Phi) is 5.82. The molecule has 1 aliphatic rings. The smallest absolute Gasteiger partial charge is 0.268 e. The van der Waals surface area contributed by atoms with Crippen molar-refractivity contribution in [3.63, 3.8) is 0 Å². The van der Waals surface area contributed by atoms with Gasteiger partial charge in [0.25, 0.3) is 5.56 Å². The molecule has 3 aromatic rings. The minimum atomic E-state index is -3.50. The van der Waals surface area contributed by atoms with Crippen molar-refractivity contribution in [1.29, 1.82) is 0 Å². The number of sulfonamides is 1. The molecule has 3 heterocycles. The Labute approximate surface area is 173 Å². The van der Waals surface area contributed by atoms with E-state index in [1.54, 1.807) is 24.3 Å². The van der Waals surface area contributed by atoms with Crippen LogP contribution in [0, 0.1) is 12.8 Å². The molecule has 0 saturated carbocycles. The van der Waals surface area contributed by atoms with Crippen molar-refractivity contribution < 1.29 is 8.42 Å². The number of hydrogen-bond acceptors (Lipinski definition) is 6. The number of hydrogen-bond donors (Lipinski definition) is 2. The number of likely N-dealkylation sites (tertiary alicyclic amines) is 1. The molecule has 1 unspecified atom stereocenters. The molecule has 1 aromatic carbocycles. The van der Waals surface area contributed by atoms with Gasteiger partial charge >= 0.3 is 0 Å². The Balaban J connectivity index is 1.37. The molecular weight excluding hydrogens is 408 g/mol. The lowest BCUT2D eigenvalue weighted by Crippen LogP contribution is -2.41. The summed E-state index contributed by atoms with van der Waals surface area (Å²) in [7, 11) is -3.50. The van der Waals surface area contributed by atoms with Crippen LogP contribution in [0.15, 0.2) is 45.4 Å². The minimum Gasteiger partial charge on any atom is -0.308 e. The first-order valence-corrected chi connectivity index (χ1v) is 12.0. The molecule has 2 aromatic heterocycles. The van der Waals surface area contributed by atoms with Crippen LogP contribution in [0.5, 0.6) is 0 Å². The van der Waals surface area contributed by atoms with Crippen LogP contribution in [0.25, 0.3) is 10.2 Å². The van der Waals surface area contributed by atoms with E-state index in [4.69, 9.17) is 0 Å². The fraction of sp³-hybridized carbons (Fsp3) is 0.400. The third kappa shape index (κ3) is 4.75. The molecule has 9 heteroatoms. The molecule has 1 aliphatic heterocycles. The number of rotatable bonds is 6. The van der Waals surface area contributed by atoms with Crippen molar-refractivity contribution in [2.75, 3.05) is 19.6 Å². The number of aromatic amines is 1. The zero-order chi connectivity index (χ0) is 20.4. The Morgan fingerprint density at radius 2 is 2.07 bits per heavy atom. The molecule has 0 amide bonds. The van der Waals surface area contributed by atoms with Gasteiger partial charge in [0.1, 0.15) is 10.5 Å². The quantitative estimate of drug-likeness (QED) is 0.624. The maximum Gasteiger partial charge on any atom is 0.268 e. The number of aromatic nitrogens is 2. The van der Waals surface area contributed by atoms with Crippen LogP contribution in [0.4, 0.5) is 0 Å². The zero-order valence-corrected chi connectivity index (χ0v) is 17.9. The average Bonchev–Trinajstić information content (AvgIpc) is 3.16. The normalized spacial score (nSPS) is 18.3. The molecule has 154 valence electrons. The highest BCUT2D eigenvalue weighted by Gasteiger charge is 2.23. The van der Waals surface area contributed by atoms with Crippen molar-refractivity contribution in [3.05, 3.63) is 57.5 Å². The summed E-state index contributed by atoms with van der Waals surface area (Å²) >= 11 is 1.39. The van der Waals surface area contributed by atoms with Crippen LogP contribution in [-0.4, -0.2) is 42.9 Å². The highest BCUT2D eigenvalue weighted by molar-refractivity contribution is 7.89. The number of thiophene rings is 1. The predicted octanol–water partition coefficient (Wildman–Crippen LogP) is 2.48. The lowest BCUT2D eigenvalue weighted by molar-refractivity contribution is 0.165. The summed E-state index contributed by atoms with van der Waals surface area (Å²) in [6.07, 6.45) is 1.96. The second-order valence-electron chi connectivity index (χ2n) is 7.56. The van der Waals surface area contributed by atoms with Crippen molar-refractivity contribution >= 4 is 31.6 Å². The molecule has 0 radical (unpaired) electrons. The summed E-state index contributed by atoms with van der Waals surface area (Å²) in [5.74, 6) is 0.877. The monoisotopic (exact) mass is 432 g/mol. The van der Waals surface area contributed by atoms with Gasteiger partial charge in [-0.15, -0.1) is 11.3 Å². The van der Waals surface area contributed by atoms with Gasteiger partial charge in [-0.05, 0) is 55.8 Å². The lowest BCUT2D eigenvalue weighted by Gasteiger charge is -2.32. The van der Waals surface area contributed by atoms with Gasteiger partial charge in [0.05, 0.1) is 17.0 Å². The van der Waals surface area contributed by atoms with Crippen molar-refractivity contribution in [2.24, 2.45) is 5.92 Å². The number of piperidine rings is 1. The number of nitrogens with zero attached hydrogens (tertiary/aromatic N) is 2. The zero-order valence-electron chi connectivity index (χ0n) is 16.2. The van der Waals surface area contributed by atoms with Gasteiger partial charge in [0.2, 0.25) is 10.0 Å². The highest BCUT2D eigenvalue weighted by Crippen LogP contribution is 2.19. The van der Waals surface area contributed by atoms with Crippen LogP contribution in [0.2, 0.25) is 0 Å². The van der Waals surface area contributed by atoms with Crippen molar-refractivity contribution in [3.8, 4) is 0 Å². The Morgan fingerprint density at radius 1 is 1.28 bits per heavy atom. The number of benzene rings is 1. The molecule has 0 aliphatic carbocycles. The fourth-order valence-corrected chi connectivity index (χ4v) is 5.54. The number of aryl methyl sites for hydroxylation is 1. The fourth-order valence-electron chi connectivity index (χ4n) is 3.70. The largest absolute Gasteiger partial charge is 0.308 e. The van der Waals surface area contributed by atoms with E-state index in [0.29, 0.717) is 28.5 Å². The van der Waals surface area contributed by atoms with Crippen LogP contribution >= 0.6 is 11.3 Å². The second kappa shape index (κ2) is 8.35. The molecule has 1 saturated heterocycles. The third-order valence-corrected chi connectivity index (χ3v) is 7.58. The summed E-state index contributed by atoms with van der Waals surface area (Å²) in [6.45, 7) is 4.56. The molecule has 4 rings (SSSR count). The Hall–Kier alpha value is -2.07. The van der Waals surface area contributed by atoms with E-state index >= 15 is 0 Å². The van der Waals surface area contributed by atoms with Crippen LogP contribution in [0.1, 0.15) is 24.2 Å². The van der Waals surface area contributed by atoms with E-state index in [-0.39, 0.29) is 11.5 Å². The second-order valence-corrected chi connectivity index (χ2v) is 10.2. The minimum absolute atomic E-state index is 0.0978. The SMILES string of the molecule is Cc1ccc(S(=O)(=O)NCC2CCCN(Cc3nc4ccsc4c(=O)[nH]3)C2)cc1. The van der Waals surface area contributed by atoms with Crippen molar-refractivity contribution in [1.82, 2.24) is 19.6 Å². The first-order chi connectivity index (χ1) is 13.9. The molecule has 1 atom stereocenters. The predicted molar refractivity (Wildman–Crippen MR) is 115 cm³/mol. The number of H-pyrrole nitrogens is 1. The molecule has 0 spiro atoms. The van der Waals surface area contributed by atoms with Crippen LogP contribution in [0.3, 0.4) is 0 Å². The van der Waals surface area contributed by atoms with E-state index in [1.165, 1.54) is 11.3 Å². The topological polar surface area (TPSA) is 95.2 Å². The van der Waals surface area contributed by atoms with Gasteiger partial charge in [0, 0.05) is 13.1 Å². The van der Waals surface area contributed by atoms with Gasteiger partial charge in [-0.1, -0.05) is 17.7 Å². The van der Waals surface area contributed by atoms with Gasteiger partial charge < -0.3 is 4.98 Å². The van der Waals surface area contributed by atoms with Crippen LogP contribution < -0.4 is 10.3 Å². The first kappa shape index (κ1) is 20.2. The standard InChI is InChI=1S/C20H24N4O3S2/c1-14-4-6-16(7-5-14)29(26,27)21-11-15-3-2-9-24(12-15)13-18-22-17-8-10-28-19(17)20(25)23-18/h4-8,10,15,21H,2-3,9,11-13H2,1H3,(H,22,23,25). The average molecular weight is 433 g/mol. The number of nitrogens with one attached hydrogen (secondary N) is 2. The highest BCUT2D eigenvalue weighted by atomic mass is 32.2. The van der Waals surface area contributed by atoms with Crippen molar-refractivity contribution in [2.45, 2.75) is 31.2 Å². The van der Waals surface area contributed by atoms with E-state index in [9.17, 15) is 13.2 Å². The Bertz CT molecular complexity index is 1150. The van der Waals surface area contributed by atoms with Crippen LogP contribution in [-0.2, 0) is 16.6 Å². The van der Waals surface area contributed by atoms with Gasteiger partial charge in [-0.2, -0.15) is 0 Å². The maximum atomic E-state index is 12.5. The summed E-state index contributed by atoms with van der Waals surface area (Å²) < 4.78 is 28.4. The first-order valence-electron chi connectivity index (χ1n) is 9.66. The third-order valence-electron chi connectivity index (χ3n) is 5.23. The summed E-state index contributed by atoms with van der Waals surface area (Å²) in [6, 6.07) is 8.72. The summed E-state index contributed by atoms with van der Waals surface area (Å²) in [5, 5.41) is 1.87. The van der Waals surface area contributed by atoms with E-state index in [1.807, 2.05) is 18.4 Å². The molecule has 7 nitrogen and oxygen atoms in total. The molecule has 29 heavy (non-hydrogen) atoms. The molecule has 0 bridgehead atoms. The van der Waals surface area contributed by atoms with Gasteiger partial charge in [0.15, 0.2) is 0 Å². The molecular formula is C20H24N4O3S2. The molecule has 1 fully saturated rings. The van der Waals surface area contributed by atoms with E-state index in [0.717, 1.165) is 37.0 Å². The Morgan fingerprint density at radius 3 is 2.86 bits per heavy atom. The lowest BCUT2D eigenvalue weighted by atomic mass is 9.98. The van der Waals surface area contributed by atoms with E-state index in [2.05, 4.69) is 19.6 Å². The summed E-state index contributed by atoms with van der Waals surface area (Å²) in [5.41, 5.74) is 1.66. The van der Waals surface area contributed by atoms with E-state index < -0.39 is 10.0 Å². The maximum absolute atomic E-state index is 12.5. The number of fused-ring (bicyclic) bond motifs is 1. The van der Waals surface area contributed by atoms with Gasteiger partial charge in [-0.25, -0.2) is 18.1 Å². The summed E-state index contributed by atoms with van der Waals surface area (Å²) in [4.78, 5) is 22.1.